The Morgan fingerprint density at radius 2 is 1.59 bits per heavy atom. The van der Waals surface area contributed by atoms with Crippen LogP contribution in [0.1, 0.15) is 11.3 Å². The molecule has 0 aliphatic heterocycles. The lowest BCUT2D eigenvalue weighted by atomic mass is 10.1. The maximum absolute atomic E-state index is 13.4. The Labute approximate surface area is 117 Å². The van der Waals surface area contributed by atoms with Crippen molar-refractivity contribution in [3.05, 3.63) is 51.8 Å². The number of alkyl halides is 6. The molecule has 1 N–H and O–H groups in total. The van der Waals surface area contributed by atoms with Gasteiger partial charge in [0.05, 0.1) is 11.3 Å². The molecule has 1 heterocycles. The molecule has 0 atom stereocenters. The SMILES string of the molecule is O=c1nc(-c2ccc(C(F)(F)F)c(F)c2)cc(C(F)(F)F)[nH]1. The number of rotatable bonds is 1. The van der Waals surface area contributed by atoms with Gasteiger partial charge in [-0.1, -0.05) is 6.07 Å². The molecular weight excluding hydrogens is 321 g/mol. The fraction of sp³-hybridized carbons (Fsp3) is 0.167. The maximum atomic E-state index is 13.4. The minimum atomic E-state index is -4.94. The second-order valence-electron chi connectivity index (χ2n) is 4.18. The van der Waals surface area contributed by atoms with Crippen LogP contribution in [0.4, 0.5) is 30.7 Å². The van der Waals surface area contributed by atoms with Gasteiger partial charge in [0.15, 0.2) is 0 Å². The fourth-order valence-electron chi connectivity index (χ4n) is 1.66. The standard InChI is InChI=1S/C12H5F7N2O/c13-7-3-5(1-2-6(7)11(14,15)16)8-4-9(12(17,18)19)21-10(22)20-8/h1-4H,(H,20,21,22). The van der Waals surface area contributed by atoms with Crippen LogP contribution in [-0.2, 0) is 12.4 Å². The van der Waals surface area contributed by atoms with Crippen LogP contribution in [0.2, 0.25) is 0 Å². The third-order valence-electron chi connectivity index (χ3n) is 2.62. The van der Waals surface area contributed by atoms with Crippen LogP contribution in [0.5, 0.6) is 0 Å². The smallest absolute Gasteiger partial charge is 0.302 e. The third-order valence-corrected chi connectivity index (χ3v) is 2.62. The Morgan fingerprint density at radius 1 is 0.955 bits per heavy atom. The molecule has 1 aromatic heterocycles. The van der Waals surface area contributed by atoms with E-state index in [1.807, 2.05) is 0 Å². The molecule has 0 aliphatic carbocycles. The van der Waals surface area contributed by atoms with Gasteiger partial charge >= 0.3 is 18.0 Å². The van der Waals surface area contributed by atoms with Gasteiger partial charge in [0.2, 0.25) is 0 Å². The predicted octanol–water partition coefficient (Wildman–Crippen LogP) is 3.61. The molecular formula is C12H5F7N2O. The average molecular weight is 326 g/mol. The summed E-state index contributed by atoms with van der Waals surface area (Å²) in [5.74, 6) is -1.68. The zero-order valence-electron chi connectivity index (χ0n) is 10.3. The number of nitrogens with one attached hydrogen (secondary N) is 1. The lowest BCUT2D eigenvalue weighted by Gasteiger charge is -2.10. The minimum Gasteiger partial charge on any atom is -0.302 e. The van der Waals surface area contributed by atoms with Gasteiger partial charge < -0.3 is 4.98 Å². The zero-order valence-corrected chi connectivity index (χ0v) is 10.3. The molecule has 0 aliphatic rings. The van der Waals surface area contributed by atoms with E-state index in [9.17, 15) is 35.5 Å². The number of hydrogen-bond donors (Lipinski definition) is 1. The minimum absolute atomic E-state index is 0.362. The summed E-state index contributed by atoms with van der Waals surface area (Å²) in [5.41, 5.74) is -5.35. The zero-order chi connectivity index (χ0) is 16.7. The number of halogens is 7. The molecule has 0 fully saturated rings. The van der Waals surface area contributed by atoms with E-state index in [2.05, 4.69) is 4.98 Å². The monoisotopic (exact) mass is 326 g/mol. The van der Waals surface area contributed by atoms with E-state index in [0.717, 1.165) is 6.07 Å². The van der Waals surface area contributed by atoms with Gasteiger partial charge in [0.25, 0.3) is 0 Å². The van der Waals surface area contributed by atoms with Crippen molar-refractivity contribution in [2.24, 2.45) is 0 Å². The number of benzene rings is 1. The second-order valence-corrected chi connectivity index (χ2v) is 4.18. The highest BCUT2D eigenvalue weighted by atomic mass is 19.4. The van der Waals surface area contributed by atoms with E-state index in [1.54, 1.807) is 0 Å². The van der Waals surface area contributed by atoms with Gasteiger partial charge in [-0.3, -0.25) is 0 Å². The molecule has 0 radical (unpaired) electrons. The van der Waals surface area contributed by atoms with Gasteiger partial charge in [-0.05, 0) is 18.2 Å². The van der Waals surface area contributed by atoms with Gasteiger partial charge in [0.1, 0.15) is 11.5 Å². The van der Waals surface area contributed by atoms with Crippen LogP contribution in [-0.4, -0.2) is 9.97 Å². The first-order chi connectivity index (χ1) is 9.98. The van der Waals surface area contributed by atoms with Crippen LogP contribution in [0.25, 0.3) is 11.3 Å². The van der Waals surface area contributed by atoms with Crippen LogP contribution in [0.15, 0.2) is 29.1 Å². The Hall–Kier alpha value is -2.39. The largest absolute Gasteiger partial charge is 0.431 e. The molecule has 10 heteroatoms. The molecule has 2 rings (SSSR count). The highest BCUT2D eigenvalue weighted by Gasteiger charge is 2.35. The van der Waals surface area contributed by atoms with E-state index in [1.165, 1.54) is 4.98 Å². The first-order valence-corrected chi connectivity index (χ1v) is 5.54. The number of nitrogens with zero attached hydrogens (tertiary/aromatic N) is 1. The lowest BCUT2D eigenvalue weighted by Crippen LogP contribution is -2.19. The predicted molar refractivity (Wildman–Crippen MR) is 60.3 cm³/mol. The van der Waals surface area contributed by atoms with Gasteiger partial charge in [0, 0.05) is 5.56 Å². The van der Waals surface area contributed by atoms with Crippen LogP contribution in [0.3, 0.4) is 0 Å². The molecule has 0 spiro atoms. The molecule has 0 bridgehead atoms. The Kier molecular flexibility index (Phi) is 3.71. The van der Waals surface area contributed by atoms with Crippen molar-refractivity contribution in [3.8, 4) is 11.3 Å². The second kappa shape index (κ2) is 5.11. The number of H-pyrrole nitrogens is 1. The Balaban J connectivity index is 2.56. The van der Waals surface area contributed by atoms with Crippen molar-refractivity contribution < 1.29 is 30.7 Å². The van der Waals surface area contributed by atoms with Crippen molar-refractivity contribution in [1.82, 2.24) is 9.97 Å². The highest BCUT2D eigenvalue weighted by molar-refractivity contribution is 5.60. The summed E-state index contributed by atoms with van der Waals surface area (Å²) in [6.07, 6.45) is -9.83. The molecule has 0 saturated carbocycles. The Morgan fingerprint density at radius 3 is 2.09 bits per heavy atom. The first kappa shape index (κ1) is 16.0. The van der Waals surface area contributed by atoms with Crippen molar-refractivity contribution >= 4 is 0 Å². The van der Waals surface area contributed by atoms with Crippen molar-refractivity contribution in [3.63, 3.8) is 0 Å². The van der Waals surface area contributed by atoms with E-state index >= 15 is 0 Å². The van der Waals surface area contributed by atoms with Crippen LogP contribution >= 0.6 is 0 Å². The first-order valence-electron chi connectivity index (χ1n) is 5.54. The summed E-state index contributed by atoms with van der Waals surface area (Å²) < 4.78 is 88.3. The van der Waals surface area contributed by atoms with Crippen LogP contribution in [0, 0.1) is 5.82 Å². The average Bonchev–Trinajstić information content (AvgIpc) is 2.35. The summed E-state index contributed by atoms with van der Waals surface area (Å²) in [6, 6.07) is 1.86. The fourth-order valence-corrected chi connectivity index (χ4v) is 1.66. The summed E-state index contributed by atoms with van der Waals surface area (Å²) >= 11 is 0. The quantitative estimate of drug-likeness (QED) is 0.814. The van der Waals surface area contributed by atoms with Gasteiger partial charge in [-0.2, -0.15) is 31.3 Å². The molecule has 0 amide bonds. The summed E-state index contributed by atoms with van der Waals surface area (Å²) in [6.45, 7) is 0. The molecule has 0 saturated heterocycles. The van der Waals surface area contributed by atoms with E-state index in [-0.39, 0.29) is 5.56 Å². The normalized spacial score (nSPS) is 12.5. The van der Waals surface area contributed by atoms with E-state index < -0.39 is 40.8 Å². The molecule has 0 unspecified atom stereocenters. The van der Waals surface area contributed by atoms with Crippen molar-refractivity contribution in [1.29, 1.82) is 0 Å². The van der Waals surface area contributed by atoms with Gasteiger partial charge in [-0.15, -0.1) is 0 Å². The van der Waals surface area contributed by atoms with Crippen molar-refractivity contribution in [2.45, 2.75) is 12.4 Å². The number of aromatic amines is 1. The highest BCUT2D eigenvalue weighted by Crippen LogP contribution is 2.34. The topological polar surface area (TPSA) is 45.8 Å². The summed E-state index contributed by atoms with van der Waals surface area (Å²) in [5, 5.41) is 0. The maximum Gasteiger partial charge on any atom is 0.431 e. The molecule has 2 aromatic rings. The van der Waals surface area contributed by atoms with Crippen LogP contribution < -0.4 is 5.69 Å². The summed E-state index contributed by atoms with van der Waals surface area (Å²) in [7, 11) is 0. The third kappa shape index (κ3) is 3.26. The molecule has 118 valence electrons. The van der Waals surface area contributed by atoms with E-state index in [0.29, 0.717) is 18.2 Å². The molecule has 1 aromatic carbocycles. The van der Waals surface area contributed by atoms with E-state index in [4.69, 9.17) is 0 Å². The lowest BCUT2D eigenvalue weighted by molar-refractivity contribution is -0.141. The van der Waals surface area contributed by atoms with Gasteiger partial charge in [-0.25, -0.2) is 9.18 Å². The Bertz CT molecular complexity index is 761. The number of aromatic nitrogens is 2. The molecule has 3 nitrogen and oxygen atoms in total. The van der Waals surface area contributed by atoms with Crippen molar-refractivity contribution in [2.75, 3.05) is 0 Å². The summed E-state index contributed by atoms with van der Waals surface area (Å²) in [4.78, 5) is 15.7. The molecule has 22 heavy (non-hydrogen) atoms. The number of hydrogen-bond acceptors (Lipinski definition) is 2.